The highest BCUT2D eigenvalue weighted by Gasteiger charge is 2.53. The molecule has 0 atom stereocenters. The second-order valence-electron chi connectivity index (χ2n) is 7.49. The molecule has 4 rings (SSSR count). The normalized spacial score (nSPS) is 11.0. The molecule has 0 aliphatic heterocycles. The first-order valence-corrected chi connectivity index (χ1v) is 13.1. The Kier molecular flexibility index (Phi) is 7.30. The fourth-order valence-electron chi connectivity index (χ4n) is 4.12. The van der Waals surface area contributed by atoms with Crippen molar-refractivity contribution in [2.75, 3.05) is 7.05 Å². The van der Waals surface area contributed by atoms with E-state index in [1.54, 1.807) is 24.1 Å². The summed E-state index contributed by atoms with van der Waals surface area (Å²) < 4.78 is 0.0756. The molecule has 0 unspecified atom stereocenters. The van der Waals surface area contributed by atoms with E-state index in [1.807, 2.05) is 72.8 Å². The molecule has 0 saturated heterocycles. The van der Waals surface area contributed by atoms with E-state index in [-0.39, 0.29) is 10.4 Å². The Morgan fingerprint density at radius 1 is 0.606 bits per heavy atom. The summed E-state index contributed by atoms with van der Waals surface area (Å²) in [6, 6.07) is 39.7. The van der Waals surface area contributed by atoms with E-state index >= 15 is 0 Å². The first-order chi connectivity index (χ1) is 16.1. The summed E-state index contributed by atoms with van der Waals surface area (Å²) in [5, 5.41) is 3.18. The monoisotopic (exact) mass is 490 g/mol. The molecule has 0 aliphatic carbocycles. The molecule has 0 radical (unpaired) electrons. The van der Waals surface area contributed by atoms with Crippen LogP contribution in [0, 0.1) is 0 Å². The quantitative estimate of drug-likeness (QED) is 0.288. The van der Waals surface area contributed by atoms with Crippen molar-refractivity contribution in [1.29, 1.82) is 0 Å². The van der Waals surface area contributed by atoms with E-state index in [4.69, 9.17) is 23.2 Å². The highest BCUT2D eigenvalue weighted by Crippen LogP contribution is 2.65. The lowest BCUT2D eigenvalue weighted by Gasteiger charge is -2.33. The molecule has 0 saturated carbocycles. The molecule has 0 heterocycles. The van der Waals surface area contributed by atoms with Gasteiger partial charge in [0.25, 0.3) is 5.91 Å². The predicted octanol–water partition coefficient (Wildman–Crippen LogP) is 6.36. The summed E-state index contributed by atoms with van der Waals surface area (Å²) in [5.41, 5.74) is 1.17. The first kappa shape index (κ1) is 23.3. The van der Waals surface area contributed by atoms with Crippen LogP contribution in [0.25, 0.3) is 0 Å². The van der Waals surface area contributed by atoms with E-state index in [0.717, 1.165) is 15.9 Å². The number of amides is 1. The molecule has 5 heteroatoms. The van der Waals surface area contributed by atoms with Crippen LogP contribution < -0.4 is 15.9 Å². The van der Waals surface area contributed by atoms with E-state index in [1.165, 1.54) is 0 Å². The van der Waals surface area contributed by atoms with Crippen molar-refractivity contribution in [2.45, 2.75) is 0 Å². The molecular weight excluding hydrogens is 468 g/mol. The summed E-state index contributed by atoms with van der Waals surface area (Å²) in [6.45, 7) is 0. The maximum absolute atomic E-state index is 13.6. The van der Waals surface area contributed by atoms with Gasteiger partial charge in [-0.1, -0.05) is 96.0 Å². The minimum Gasteiger partial charge on any atom is -0.279 e. The van der Waals surface area contributed by atoms with Crippen LogP contribution in [0.3, 0.4) is 0 Å². The standard InChI is InChI=1S/C28H23Cl2NOP/c1-31(27(32)22-14-6-2-7-15-22)28(26(29)30)33(23-16-8-3-9-17-23,24-18-10-4-11-19-24)25-20-12-5-13-21-25/h2-21H,1H3/q+1. The van der Waals surface area contributed by atoms with E-state index < -0.39 is 7.26 Å². The minimum absolute atomic E-state index is 0.0756. The zero-order chi connectivity index (χ0) is 23.3. The highest BCUT2D eigenvalue weighted by molar-refractivity contribution is 7.99. The van der Waals surface area contributed by atoms with Crippen LogP contribution in [0.15, 0.2) is 131 Å². The number of hydrogen-bond acceptors (Lipinski definition) is 1. The Hall–Kier alpha value is -2.90. The number of hydrogen-bond donors (Lipinski definition) is 0. The van der Waals surface area contributed by atoms with Gasteiger partial charge in [0.1, 0.15) is 15.9 Å². The fourth-order valence-corrected chi connectivity index (χ4v) is 9.41. The van der Waals surface area contributed by atoms with Gasteiger partial charge in [0, 0.05) is 12.6 Å². The summed E-state index contributed by atoms with van der Waals surface area (Å²) in [4.78, 5) is 15.2. The molecule has 0 aliphatic rings. The maximum atomic E-state index is 13.6. The number of carbonyl (C=O) groups is 1. The second kappa shape index (κ2) is 10.4. The molecule has 1 amide bonds. The first-order valence-electron chi connectivity index (χ1n) is 10.5. The number of carbonyl (C=O) groups excluding carboxylic acids is 1. The van der Waals surface area contributed by atoms with Gasteiger partial charge in [-0.15, -0.1) is 0 Å². The van der Waals surface area contributed by atoms with Crippen LogP contribution in [-0.4, -0.2) is 17.9 Å². The topological polar surface area (TPSA) is 20.3 Å². The van der Waals surface area contributed by atoms with Crippen LogP contribution in [0.1, 0.15) is 10.4 Å². The Balaban J connectivity index is 2.07. The molecule has 0 aromatic heterocycles. The van der Waals surface area contributed by atoms with E-state index in [2.05, 4.69) is 36.4 Å². The molecule has 33 heavy (non-hydrogen) atoms. The van der Waals surface area contributed by atoms with Gasteiger partial charge >= 0.3 is 0 Å². The third-order valence-corrected chi connectivity index (χ3v) is 10.6. The Morgan fingerprint density at radius 3 is 1.27 bits per heavy atom. The Bertz CT molecular complexity index is 1150. The molecule has 0 bridgehead atoms. The second-order valence-corrected chi connectivity index (χ2v) is 11.8. The smallest absolute Gasteiger partial charge is 0.260 e. The van der Waals surface area contributed by atoms with Crippen LogP contribution in [0.5, 0.6) is 0 Å². The Labute approximate surface area is 205 Å². The van der Waals surface area contributed by atoms with Gasteiger partial charge in [-0.2, -0.15) is 0 Å². The average molecular weight is 491 g/mol. The van der Waals surface area contributed by atoms with Crippen molar-refractivity contribution in [3.8, 4) is 0 Å². The van der Waals surface area contributed by atoms with Crippen molar-refractivity contribution in [2.24, 2.45) is 0 Å². The van der Waals surface area contributed by atoms with Crippen LogP contribution in [0.2, 0.25) is 0 Å². The summed E-state index contributed by atoms with van der Waals surface area (Å²) in [6.07, 6.45) is 0. The van der Waals surface area contributed by atoms with Crippen molar-refractivity contribution in [3.63, 3.8) is 0 Å². The van der Waals surface area contributed by atoms with Crippen molar-refractivity contribution in [3.05, 3.63) is 137 Å². The van der Waals surface area contributed by atoms with Gasteiger partial charge in [-0.25, -0.2) is 0 Å². The number of rotatable bonds is 6. The van der Waals surface area contributed by atoms with Gasteiger partial charge in [-0.3, -0.25) is 9.69 Å². The van der Waals surface area contributed by atoms with Crippen LogP contribution in [0.4, 0.5) is 0 Å². The summed E-state index contributed by atoms with van der Waals surface area (Å²) in [7, 11) is -0.880. The van der Waals surface area contributed by atoms with Gasteiger partial charge in [-0.05, 0) is 48.5 Å². The third kappa shape index (κ3) is 4.48. The molecule has 4 aromatic rings. The number of halogens is 2. The zero-order valence-corrected chi connectivity index (χ0v) is 20.5. The molecule has 0 fully saturated rings. The lowest BCUT2D eigenvalue weighted by atomic mass is 10.2. The molecule has 2 nitrogen and oxygen atoms in total. The Morgan fingerprint density at radius 2 is 0.939 bits per heavy atom. The molecular formula is C28H23Cl2NOP+. The molecule has 4 aromatic carbocycles. The summed E-state index contributed by atoms with van der Waals surface area (Å²) >= 11 is 13.4. The maximum Gasteiger partial charge on any atom is 0.260 e. The lowest BCUT2D eigenvalue weighted by Crippen LogP contribution is -2.39. The number of benzene rings is 4. The fraction of sp³-hybridized carbons (Fsp3) is 0.0357. The van der Waals surface area contributed by atoms with Gasteiger partial charge in [0.05, 0.1) is 0 Å². The van der Waals surface area contributed by atoms with Crippen molar-refractivity contribution in [1.82, 2.24) is 4.90 Å². The highest BCUT2D eigenvalue weighted by atomic mass is 35.5. The molecule has 0 N–H and O–H groups in total. The zero-order valence-electron chi connectivity index (χ0n) is 18.1. The van der Waals surface area contributed by atoms with E-state index in [0.29, 0.717) is 11.0 Å². The average Bonchev–Trinajstić information content (AvgIpc) is 2.88. The third-order valence-electron chi connectivity index (χ3n) is 5.56. The van der Waals surface area contributed by atoms with Crippen molar-refractivity contribution >= 4 is 52.3 Å². The SMILES string of the molecule is CN(C(=O)c1ccccc1)C(=C(Cl)Cl)[P+](c1ccccc1)(c1ccccc1)c1ccccc1. The van der Waals surface area contributed by atoms with Crippen LogP contribution in [-0.2, 0) is 0 Å². The summed E-state index contributed by atoms with van der Waals surface area (Å²) in [5.74, 6) is -0.170. The molecule has 164 valence electrons. The number of nitrogens with zero attached hydrogens (tertiary/aromatic N) is 1. The largest absolute Gasteiger partial charge is 0.279 e. The van der Waals surface area contributed by atoms with E-state index in [9.17, 15) is 4.79 Å². The van der Waals surface area contributed by atoms with Gasteiger partial charge < -0.3 is 0 Å². The van der Waals surface area contributed by atoms with Gasteiger partial charge in [0.15, 0.2) is 11.8 Å². The van der Waals surface area contributed by atoms with Gasteiger partial charge in [0.2, 0.25) is 5.44 Å². The van der Waals surface area contributed by atoms with Crippen molar-refractivity contribution < 1.29 is 4.79 Å². The van der Waals surface area contributed by atoms with Crippen LogP contribution >= 0.6 is 30.5 Å². The predicted molar refractivity (Wildman–Crippen MR) is 142 cm³/mol. The molecule has 0 spiro atoms. The minimum atomic E-state index is -2.63. The lowest BCUT2D eigenvalue weighted by molar-refractivity contribution is 0.0845.